The van der Waals surface area contributed by atoms with Gasteiger partial charge in [0.15, 0.2) is 6.10 Å². The van der Waals surface area contributed by atoms with E-state index in [1.807, 2.05) is 12.1 Å². The third kappa shape index (κ3) is 5.39. The maximum atomic E-state index is 12.1. The number of hydrogen-bond donors (Lipinski definition) is 2. The fraction of sp³-hybridized carbons (Fsp3) is 0.562. The van der Waals surface area contributed by atoms with Crippen LogP contribution in [0.25, 0.3) is 0 Å². The topological polar surface area (TPSA) is 73.6 Å². The zero-order chi connectivity index (χ0) is 15.2. The van der Waals surface area contributed by atoms with Crippen molar-refractivity contribution in [3.8, 4) is 11.5 Å². The Bertz CT molecular complexity index is 459. The van der Waals surface area contributed by atoms with Crippen LogP contribution in [0, 0.1) is 0 Å². The summed E-state index contributed by atoms with van der Waals surface area (Å²) >= 11 is 0. The summed E-state index contributed by atoms with van der Waals surface area (Å²) in [7, 11) is 1.61. The number of hydrogen-bond acceptors (Lipinski definition) is 4. The minimum absolute atomic E-state index is 0. The van der Waals surface area contributed by atoms with E-state index in [2.05, 4.69) is 5.32 Å². The van der Waals surface area contributed by atoms with Crippen LogP contribution in [0.1, 0.15) is 32.6 Å². The molecular formula is C16H25ClN2O3. The van der Waals surface area contributed by atoms with Gasteiger partial charge in [0.05, 0.1) is 7.11 Å². The van der Waals surface area contributed by atoms with Crippen molar-refractivity contribution < 1.29 is 14.3 Å². The van der Waals surface area contributed by atoms with Crippen LogP contribution in [-0.2, 0) is 4.79 Å². The lowest BCUT2D eigenvalue weighted by Gasteiger charge is -2.27. The van der Waals surface area contributed by atoms with Gasteiger partial charge in [-0.1, -0.05) is 0 Å². The van der Waals surface area contributed by atoms with Gasteiger partial charge >= 0.3 is 0 Å². The van der Waals surface area contributed by atoms with Crippen LogP contribution in [0.15, 0.2) is 24.3 Å². The summed E-state index contributed by atoms with van der Waals surface area (Å²) in [5.74, 6) is 1.34. The van der Waals surface area contributed by atoms with Crippen molar-refractivity contribution in [3.05, 3.63) is 24.3 Å². The highest BCUT2D eigenvalue weighted by Crippen LogP contribution is 2.19. The van der Waals surface area contributed by atoms with E-state index < -0.39 is 6.10 Å². The van der Waals surface area contributed by atoms with E-state index in [-0.39, 0.29) is 30.4 Å². The lowest BCUT2D eigenvalue weighted by Crippen LogP contribution is -2.45. The zero-order valence-electron chi connectivity index (χ0n) is 13.1. The number of rotatable bonds is 5. The molecule has 0 spiro atoms. The molecule has 0 heterocycles. The second kappa shape index (κ2) is 8.86. The molecule has 0 saturated heterocycles. The van der Waals surface area contributed by atoms with Crippen molar-refractivity contribution in [2.24, 2.45) is 5.73 Å². The molecule has 1 aliphatic rings. The quantitative estimate of drug-likeness (QED) is 0.869. The molecule has 0 bridgehead atoms. The largest absolute Gasteiger partial charge is 0.497 e. The van der Waals surface area contributed by atoms with Crippen LogP contribution in [-0.4, -0.2) is 31.2 Å². The van der Waals surface area contributed by atoms with Crippen molar-refractivity contribution in [2.75, 3.05) is 7.11 Å². The maximum absolute atomic E-state index is 12.1. The van der Waals surface area contributed by atoms with E-state index in [0.717, 1.165) is 31.4 Å². The third-order valence-corrected chi connectivity index (χ3v) is 3.86. The fourth-order valence-electron chi connectivity index (χ4n) is 2.49. The number of benzene rings is 1. The average Bonchev–Trinajstić information content (AvgIpc) is 2.50. The summed E-state index contributed by atoms with van der Waals surface area (Å²) in [5, 5.41) is 3.04. The van der Waals surface area contributed by atoms with Crippen molar-refractivity contribution in [1.29, 1.82) is 0 Å². The fourth-order valence-corrected chi connectivity index (χ4v) is 2.49. The molecule has 22 heavy (non-hydrogen) atoms. The van der Waals surface area contributed by atoms with E-state index in [0.29, 0.717) is 5.75 Å². The van der Waals surface area contributed by atoms with Gasteiger partial charge in [-0.15, -0.1) is 12.4 Å². The Kier molecular flexibility index (Phi) is 7.48. The number of methoxy groups -OCH3 is 1. The highest BCUT2D eigenvalue weighted by atomic mass is 35.5. The van der Waals surface area contributed by atoms with Crippen molar-refractivity contribution in [2.45, 2.75) is 50.8 Å². The molecule has 0 aromatic heterocycles. The highest BCUT2D eigenvalue weighted by Gasteiger charge is 2.23. The summed E-state index contributed by atoms with van der Waals surface area (Å²) in [6.45, 7) is 1.76. The van der Waals surface area contributed by atoms with Gasteiger partial charge in [-0.25, -0.2) is 0 Å². The first-order valence-corrected chi connectivity index (χ1v) is 7.45. The van der Waals surface area contributed by atoms with Gasteiger partial charge in [-0.2, -0.15) is 0 Å². The zero-order valence-corrected chi connectivity index (χ0v) is 13.9. The molecule has 124 valence electrons. The molecule has 1 aromatic carbocycles. The van der Waals surface area contributed by atoms with Crippen LogP contribution < -0.4 is 20.5 Å². The summed E-state index contributed by atoms with van der Waals surface area (Å²) in [4.78, 5) is 12.1. The van der Waals surface area contributed by atoms with Gasteiger partial charge in [-0.3, -0.25) is 4.79 Å². The van der Waals surface area contributed by atoms with Gasteiger partial charge in [-0.05, 0) is 56.9 Å². The second-order valence-corrected chi connectivity index (χ2v) is 5.56. The molecule has 1 fully saturated rings. The van der Waals surface area contributed by atoms with E-state index in [4.69, 9.17) is 15.2 Å². The molecule has 0 aliphatic heterocycles. The first-order valence-electron chi connectivity index (χ1n) is 7.45. The Morgan fingerprint density at radius 3 is 2.27 bits per heavy atom. The van der Waals surface area contributed by atoms with Gasteiger partial charge < -0.3 is 20.5 Å². The number of halogens is 1. The summed E-state index contributed by atoms with van der Waals surface area (Å²) in [5.41, 5.74) is 5.87. The lowest BCUT2D eigenvalue weighted by molar-refractivity contribution is -0.128. The Morgan fingerprint density at radius 1 is 1.18 bits per heavy atom. The van der Waals surface area contributed by atoms with E-state index >= 15 is 0 Å². The first-order chi connectivity index (χ1) is 10.1. The molecule has 2 rings (SSSR count). The normalized spacial score (nSPS) is 22.1. The Balaban J connectivity index is 0.00000242. The molecule has 1 atom stereocenters. The van der Waals surface area contributed by atoms with Gasteiger partial charge in [0, 0.05) is 12.1 Å². The minimum atomic E-state index is -0.519. The monoisotopic (exact) mass is 328 g/mol. The number of carbonyl (C=O) groups excluding carboxylic acids is 1. The van der Waals surface area contributed by atoms with E-state index in [1.54, 1.807) is 26.2 Å². The molecule has 3 N–H and O–H groups in total. The number of carbonyl (C=O) groups is 1. The second-order valence-electron chi connectivity index (χ2n) is 5.56. The van der Waals surface area contributed by atoms with E-state index in [1.165, 1.54) is 0 Å². The van der Waals surface area contributed by atoms with Crippen molar-refractivity contribution >= 4 is 18.3 Å². The van der Waals surface area contributed by atoms with Gasteiger partial charge in [0.1, 0.15) is 11.5 Å². The van der Waals surface area contributed by atoms with Crippen LogP contribution in [0.2, 0.25) is 0 Å². The third-order valence-electron chi connectivity index (χ3n) is 3.86. The molecule has 1 amide bonds. The van der Waals surface area contributed by atoms with Crippen LogP contribution in [0.3, 0.4) is 0 Å². The molecule has 1 aromatic rings. The predicted octanol–water partition coefficient (Wildman–Crippen LogP) is 2.27. The molecule has 1 saturated carbocycles. The number of ether oxygens (including phenoxy) is 2. The Morgan fingerprint density at radius 2 is 1.73 bits per heavy atom. The number of amides is 1. The van der Waals surface area contributed by atoms with Crippen molar-refractivity contribution in [1.82, 2.24) is 5.32 Å². The standard InChI is InChI=1S/C16H24N2O3.ClH/c1-11(21-15-9-7-14(20-2)8-10-15)16(19)18-13-5-3-12(17)4-6-13;/h7-13H,3-6,17H2,1-2H3,(H,18,19);1H. The maximum Gasteiger partial charge on any atom is 0.260 e. The molecule has 5 nitrogen and oxygen atoms in total. The lowest BCUT2D eigenvalue weighted by atomic mass is 9.92. The molecule has 0 radical (unpaired) electrons. The molecule has 6 heteroatoms. The molecule has 1 unspecified atom stereocenters. The van der Waals surface area contributed by atoms with Crippen LogP contribution in [0.5, 0.6) is 11.5 Å². The number of nitrogens with one attached hydrogen (secondary N) is 1. The van der Waals surface area contributed by atoms with Crippen LogP contribution in [0.4, 0.5) is 0 Å². The van der Waals surface area contributed by atoms with Crippen molar-refractivity contribution in [3.63, 3.8) is 0 Å². The van der Waals surface area contributed by atoms with Crippen LogP contribution >= 0.6 is 12.4 Å². The van der Waals surface area contributed by atoms with Gasteiger partial charge in [0.25, 0.3) is 5.91 Å². The summed E-state index contributed by atoms with van der Waals surface area (Å²) in [6, 6.07) is 7.71. The minimum Gasteiger partial charge on any atom is -0.497 e. The summed E-state index contributed by atoms with van der Waals surface area (Å²) in [6.07, 6.45) is 3.32. The predicted molar refractivity (Wildman–Crippen MR) is 88.7 cm³/mol. The molecular weight excluding hydrogens is 304 g/mol. The molecule has 1 aliphatic carbocycles. The number of nitrogens with two attached hydrogens (primary N) is 1. The highest BCUT2D eigenvalue weighted by molar-refractivity contribution is 5.85. The Hall–Kier alpha value is -1.46. The Labute approximate surface area is 138 Å². The average molecular weight is 329 g/mol. The van der Waals surface area contributed by atoms with E-state index in [9.17, 15) is 4.79 Å². The summed E-state index contributed by atoms with van der Waals surface area (Å²) < 4.78 is 10.7. The van der Waals surface area contributed by atoms with Gasteiger partial charge in [0.2, 0.25) is 0 Å². The smallest absolute Gasteiger partial charge is 0.260 e. The SMILES string of the molecule is COc1ccc(OC(C)C(=O)NC2CCC(N)CC2)cc1.Cl. The first kappa shape index (κ1) is 18.6.